The second kappa shape index (κ2) is 6.08. The molecule has 0 fully saturated rings. The molecule has 0 aliphatic heterocycles. The zero-order valence-electron chi connectivity index (χ0n) is 10.0. The lowest BCUT2D eigenvalue weighted by Crippen LogP contribution is -2.24. The van der Waals surface area contributed by atoms with Crippen LogP contribution in [0.4, 0.5) is 0 Å². The number of aryl methyl sites for hydroxylation is 1. The molecule has 0 radical (unpaired) electrons. The number of hydrogen-bond donors (Lipinski definition) is 2. The van der Waals surface area contributed by atoms with Crippen LogP contribution >= 0.6 is 0 Å². The Bertz CT molecular complexity index is 397. The summed E-state index contributed by atoms with van der Waals surface area (Å²) >= 11 is 0. The van der Waals surface area contributed by atoms with Crippen LogP contribution in [-0.4, -0.2) is 23.5 Å². The molecule has 1 atom stereocenters. The molecule has 0 aliphatic carbocycles. The van der Waals surface area contributed by atoms with E-state index >= 15 is 0 Å². The molecular formula is C12H17NO4. The van der Waals surface area contributed by atoms with Crippen molar-refractivity contribution in [2.45, 2.75) is 26.7 Å². The summed E-state index contributed by atoms with van der Waals surface area (Å²) in [5, 5.41) is 11.3. The van der Waals surface area contributed by atoms with Crippen molar-refractivity contribution >= 4 is 11.9 Å². The number of rotatable bonds is 6. The van der Waals surface area contributed by atoms with Gasteiger partial charge in [-0.15, -0.1) is 0 Å². The van der Waals surface area contributed by atoms with Gasteiger partial charge in [0.2, 0.25) is 0 Å². The minimum atomic E-state index is -0.807. The molecule has 5 heteroatoms. The second-order valence-electron chi connectivity index (χ2n) is 4.05. The number of amides is 1. The highest BCUT2D eigenvalue weighted by molar-refractivity contribution is 5.91. The van der Waals surface area contributed by atoms with Gasteiger partial charge >= 0.3 is 5.97 Å². The molecule has 0 aromatic carbocycles. The molecule has 0 saturated carbocycles. The lowest BCUT2D eigenvalue weighted by atomic mass is 10.1. The van der Waals surface area contributed by atoms with Crippen LogP contribution in [0, 0.1) is 12.8 Å². The molecule has 1 amide bonds. The molecule has 1 unspecified atom stereocenters. The van der Waals surface area contributed by atoms with Crippen molar-refractivity contribution in [3.05, 3.63) is 23.7 Å². The number of nitrogens with one attached hydrogen (secondary N) is 1. The van der Waals surface area contributed by atoms with Crippen LogP contribution in [0.25, 0.3) is 0 Å². The standard InChI is InChI=1S/C12H17NO4/c1-8(12(15)16)4-3-7-13-11(14)10-6-5-9(2)17-10/h5-6,8H,3-4,7H2,1-2H3,(H,13,14)(H,15,16). The van der Waals surface area contributed by atoms with Gasteiger partial charge in [0.05, 0.1) is 5.92 Å². The van der Waals surface area contributed by atoms with E-state index in [0.717, 1.165) is 0 Å². The highest BCUT2D eigenvalue weighted by Gasteiger charge is 2.11. The van der Waals surface area contributed by atoms with Gasteiger partial charge in [0.1, 0.15) is 5.76 Å². The predicted molar refractivity (Wildman–Crippen MR) is 61.8 cm³/mol. The van der Waals surface area contributed by atoms with Gasteiger partial charge in [-0.3, -0.25) is 9.59 Å². The van der Waals surface area contributed by atoms with E-state index in [1.165, 1.54) is 0 Å². The molecule has 94 valence electrons. The fourth-order valence-corrected chi connectivity index (χ4v) is 1.38. The molecule has 5 nitrogen and oxygen atoms in total. The van der Waals surface area contributed by atoms with Crippen molar-refractivity contribution < 1.29 is 19.1 Å². The van der Waals surface area contributed by atoms with Gasteiger partial charge in [-0.25, -0.2) is 0 Å². The second-order valence-corrected chi connectivity index (χ2v) is 4.05. The van der Waals surface area contributed by atoms with Crippen molar-refractivity contribution in [2.75, 3.05) is 6.54 Å². The van der Waals surface area contributed by atoms with Crippen LogP contribution in [0.2, 0.25) is 0 Å². The summed E-state index contributed by atoms with van der Waals surface area (Å²) in [6.07, 6.45) is 1.19. The van der Waals surface area contributed by atoms with E-state index < -0.39 is 5.97 Å². The van der Waals surface area contributed by atoms with Crippen LogP contribution in [0.15, 0.2) is 16.5 Å². The van der Waals surface area contributed by atoms with Crippen LogP contribution < -0.4 is 5.32 Å². The van der Waals surface area contributed by atoms with Gasteiger partial charge in [0.25, 0.3) is 5.91 Å². The Morgan fingerprint density at radius 1 is 1.47 bits per heavy atom. The lowest BCUT2D eigenvalue weighted by molar-refractivity contribution is -0.141. The number of carbonyl (C=O) groups excluding carboxylic acids is 1. The van der Waals surface area contributed by atoms with E-state index in [1.54, 1.807) is 26.0 Å². The first-order chi connectivity index (χ1) is 8.00. The third kappa shape index (κ3) is 4.30. The first-order valence-corrected chi connectivity index (χ1v) is 5.58. The maximum atomic E-state index is 11.5. The first kappa shape index (κ1) is 13.3. The fourth-order valence-electron chi connectivity index (χ4n) is 1.38. The van der Waals surface area contributed by atoms with Gasteiger partial charge < -0.3 is 14.8 Å². The summed E-state index contributed by atoms with van der Waals surface area (Å²) < 4.78 is 5.16. The SMILES string of the molecule is Cc1ccc(C(=O)NCCCC(C)C(=O)O)o1. The molecule has 1 heterocycles. The molecule has 0 spiro atoms. The number of aliphatic carboxylic acids is 1. The van der Waals surface area contributed by atoms with E-state index in [0.29, 0.717) is 25.1 Å². The zero-order valence-corrected chi connectivity index (χ0v) is 10.0. The highest BCUT2D eigenvalue weighted by atomic mass is 16.4. The number of hydrogen-bond acceptors (Lipinski definition) is 3. The maximum Gasteiger partial charge on any atom is 0.306 e. The van der Waals surface area contributed by atoms with E-state index in [2.05, 4.69) is 5.32 Å². The minimum absolute atomic E-state index is 0.263. The Morgan fingerprint density at radius 2 is 2.18 bits per heavy atom. The summed E-state index contributed by atoms with van der Waals surface area (Å²) in [6, 6.07) is 3.34. The van der Waals surface area contributed by atoms with E-state index in [9.17, 15) is 9.59 Å². The van der Waals surface area contributed by atoms with Crippen molar-refractivity contribution in [1.29, 1.82) is 0 Å². The Hall–Kier alpha value is -1.78. The van der Waals surface area contributed by atoms with Crippen molar-refractivity contribution in [2.24, 2.45) is 5.92 Å². The van der Waals surface area contributed by atoms with Crippen LogP contribution in [-0.2, 0) is 4.79 Å². The van der Waals surface area contributed by atoms with Gasteiger partial charge in [0.15, 0.2) is 5.76 Å². The minimum Gasteiger partial charge on any atom is -0.481 e. The number of carbonyl (C=O) groups is 2. The smallest absolute Gasteiger partial charge is 0.306 e. The molecule has 1 aromatic heterocycles. The first-order valence-electron chi connectivity index (χ1n) is 5.58. The monoisotopic (exact) mass is 239 g/mol. The van der Waals surface area contributed by atoms with Gasteiger partial charge in [-0.2, -0.15) is 0 Å². The number of furan rings is 1. The largest absolute Gasteiger partial charge is 0.481 e. The Kier molecular flexibility index (Phi) is 4.75. The molecule has 2 N–H and O–H groups in total. The Labute approximate surface area is 99.8 Å². The van der Waals surface area contributed by atoms with Gasteiger partial charge in [-0.1, -0.05) is 6.92 Å². The highest BCUT2D eigenvalue weighted by Crippen LogP contribution is 2.07. The van der Waals surface area contributed by atoms with E-state index in [1.807, 2.05) is 0 Å². The van der Waals surface area contributed by atoms with Crippen molar-refractivity contribution in [3.63, 3.8) is 0 Å². The molecule has 0 aliphatic rings. The molecule has 1 rings (SSSR count). The molecular weight excluding hydrogens is 222 g/mol. The van der Waals surface area contributed by atoms with Crippen LogP contribution in [0.3, 0.4) is 0 Å². The van der Waals surface area contributed by atoms with E-state index in [4.69, 9.17) is 9.52 Å². The van der Waals surface area contributed by atoms with Crippen LogP contribution in [0.5, 0.6) is 0 Å². The quantitative estimate of drug-likeness (QED) is 0.742. The third-order valence-corrected chi connectivity index (χ3v) is 2.49. The molecule has 1 aromatic rings. The van der Waals surface area contributed by atoms with E-state index in [-0.39, 0.29) is 17.6 Å². The predicted octanol–water partition coefficient (Wildman–Crippen LogP) is 1.82. The Morgan fingerprint density at radius 3 is 2.71 bits per heavy atom. The molecule has 0 saturated heterocycles. The Balaban J connectivity index is 2.23. The number of carboxylic acids is 1. The maximum absolute atomic E-state index is 11.5. The zero-order chi connectivity index (χ0) is 12.8. The average Bonchev–Trinajstić information content (AvgIpc) is 2.70. The van der Waals surface area contributed by atoms with Crippen LogP contribution in [0.1, 0.15) is 36.1 Å². The molecule has 17 heavy (non-hydrogen) atoms. The normalized spacial score (nSPS) is 12.1. The number of carboxylic acid groups (broad SMARTS) is 1. The summed E-state index contributed by atoms with van der Waals surface area (Å²) in [5.41, 5.74) is 0. The summed E-state index contributed by atoms with van der Waals surface area (Å²) in [5.74, 6) is -0.472. The average molecular weight is 239 g/mol. The lowest BCUT2D eigenvalue weighted by Gasteiger charge is -2.06. The van der Waals surface area contributed by atoms with Gasteiger partial charge in [0, 0.05) is 6.54 Å². The summed E-state index contributed by atoms with van der Waals surface area (Å²) in [7, 11) is 0. The van der Waals surface area contributed by atoms with Gasteiger partial charge in [-0.05, 0) is 31.9 Å². The van der Waals surface area contributed by atoms with Crippen molar-refractivity contribution in [1.82, 2.24) is 5.32 Å². The fraction of sp³-hybridized carbons (Fsp3) is 0.500. The molecule has 0 bridgehead atoms. The third-order valence-electron chi connectivity index (χ3n) is 2.49. The topological polar surface area (TPSA) is 79.5 Å². The van der Waals surface area contributed by atoms with Crippen molar-refractivity contribution in [3.8, 4) is 0 Å². The summed E-state index contributed by atoms with van der Waals surface area (Å²) in [4.78, 5) is 22.1. The summed E-state index contributed by atoms with van der Waals surface area (Å²) in [6.45, 7) is 3.88.